The molecule has 2 aliphatic carbocycles. The Morgan fingerprint density at radius 2 is 1.81 bits per heavy atom. The Hall–Kier alpha value is -0.940. The SMILES string of the molecule is N#CC1(Sc2ccccc2)CC2(CCC2)C1. The van der Waals surface area contributed by atoms with Crippen LogP contribution >= 0.6 is 11.8 Å². The van der Waals surface area contributed by atoms with Gasteiger partial charge in [0.2, 0.25) is 0 Å². The standard InChI is InChI=1S/C14H15NS/c15-11-14(9-13(10-14)7-4-8-13)16-12-5-2-1-3-6-12/h1-3,5-6H,4,7-10H2. The van der Waals surface area contributed by atoms with Crippen LogP contribution in [0.25, 0.3) is 0 Å². The predicted octanol–water partition coefficient (Wildman–Crippen LogP) is 4.01. The van der Waals surface area contributed by atoms with Gasteiger partial charge < -0.3 is 0 Å². The second-order valence-electron chi connectivity index (χ2n) is 5.23. The highest BCUT2D eigenvalue weighted by Crippen LogP contribution is 2.65. The predicted molar refractivity (Wildman–Crippen MR) is 66.2 cm³/mol. The van der Waals surface area contributed by atoms with E-state index in [0.29, 0.717) is 5.41 Å². The Kier molecular flexibility index (Phi) is 2.26. The van der Waals surface area contributed by atoms with E-state index >= 15 is 0 Å². The fourth-order valence-corrected chi connectivity index (χ4v) is 4.63. The maximum Gasteiger partial charge on any atom is 0.108 e. The van der Waals surface area contributed by atoms with E-state index in [0.717, 1.165) is 12.8 Å². The largest absolute Gasteiger partial charge is 0.197 e. The summed E-state index contributed by atoms with van der Waals surface area (Å²) in [6.45, 7) is 0. The lowest BCUT2D eigenvalue weighted by Gasteiger charge is -2.57. The van der Waals surface area contributed by atoms with Crippen LogP contribution in [0, 0.1) is 16.7 Å². The topological polar surface area (TPSA) is 23.8 Å². The van der Waals surface area contributed by atoms with Gasteiger partial charge in [-0.05, 0) is 43.2 Å². The van der Waals surface area contributed by atoms with Gasteiger partial charge in [0.1, 0.15) is 4.75 Å². The summed E-state index contributed by atoms with van der Waals surface area (Å²) in [5, 5.41) is 9.38. The number of nitrogens with zero attached hydrogens (tertiary/aromatic N) is 1. The van der Waals surface area contributed by atoms with Crippen LogP contribution < -0.4 is 0 Å². The lowest BCUT2D eigenvalue weighted by atomic mass is 9.52. The van der Waals surface area contributed by atoms with Gasteiger partial charge in [0.05, 0.1) is 6.07 Å². The maximum absolute atomic E-state index is 9.38. The molecule has 0 heterocycles. The molecule has 16 heavy (non-hydrogen) atoms. The van der Waals surface area contributed by atoms with E-state index < -0.39 is 0 Å². The molecule has 0 atom stereocenters. The summed E-state index contributed by atoms with van der Waals surface area (Å²) in [7, 11) is 0. The highest BCUT2D eigenvalue weighted by Gasteiger charge is 2.58. The molecule has 2 fully saturated rings. The van der Waals surface area contributed by atoms with Crippen molar-refractivity contribution in [1.82, 2.24) is 0 Å². The summed E-state index contributed by atoms with van der Waals surface area (Å²) in [4.78, 5) is 1.23. The third-order valence-electron chi connectivity index (χ3n) is 4.00. The molecule has 1 nitrogen and oxygen atoms in total. The number of benzene rings is 1. The minimum absolute atomic E-state index is 0.123. The Bertz CT molecular complexity index is 420. The second kappa shape index (κ2) is 3.53. The minimum Gasteiger partial charge on any atom is -0.197 e. The first-order chi connectivity index (χ1) is 7.76. The van der Waals surface area contributed by atoms with Gasteiger partial charge >= 0.3 is 0 Å². The van der Waals surface area contributed by atoms with Gasteiger partial charge in [-0.25, -0.2) is 0 Å². The molecule has 3 rings (SSSR count). The Balaban J connectivity index is 1.72. The van der Waals surface area contributed by atoms with E-state index in [9.17, 15) is 5.26 Å². The normalized spacial score (nSPS) is 24.2. The molecular formula is C14H15NS. The molecule has 1 aromatic rings. The van der Waals surface area contributed by atoms with Gasteiger partial charge in [0.25, 0.3) is 0 Å². The molecule has 0 aromatic heterocycles. The lowest BCUT2D eigenvalue weighted by molar-refractivity contribution is 0.0152. The zero-order valence-electron chi connectivity index (χ0n) is 9.28. The summed E-state index contributed by atoms with van der Waals surface area (Å²) in [5.74, 6) is 0. The number of hydrogen-bond acceptors (Lipinski definition) is 2. The molecule has 0 N–H and O–H groups in total. The van der Waals surface area contributed by atoms with Crippen LogP contribution in [0.1, 0.15) is 32.1 Å². The fraction of sp³-hybridized carbons (Fsp3) is 0.500. The van der Waals surface area contributed by atoms with Gasteiger partial charge in [-0.2, -0.15) is 5.26 Å². The van der Waals surface area contributed by atoms with E-state index in [4.69, 9.17) is 0 Å². The van der Waals surface area contributed by atoms with Crippen LogP contribution in [0.3, 0.4) is 0 Å². The molecule has 2 saturated carbocycles. The van der Waals surface area contributed by atoms with Gasteiger partial charge in [-0.3, -0.25) is 0 Å². The van der Waals surface area contributed by atoms with Crippen LogP contribution in [0.5, 0.6) is 0 Å². The molecule has 1 aromatic carbocycles. The summed E-state index contributed by atoms with van der Waals surface area (Å²) < 4.78 is -0.123. The Labute approximate surface area is 101 Å². The molecule has 0 aliphatic heterocycles. The van der Waals surface area contributed by atoms with Gasteiger partial charge in [-0.1, -0.05) is 24.6 Å². The smallest absolute Gasteiger partial charge is 0.108 e. The highest BCUT2D eigenvalue weighted by atomic mass is 32.2. The maximum atomic E-state index is 9.38. The third kappa shape index (κ3) is 1.55. The number of nitriles is 1. The summed E-state index contributed by atoms with van der Waals surface area (Å²) in [6.07, 6.45) is 6.29. The zero-order valence-corrected chi connectivity index (χ0v) is 10.1. The molecule has 0 bridgehead atoms. The minimum atomic E-state index is -0.123. The van der Waals surface area contributed by atoms with E-state index in [1.54, 1.807) is 11.8 Å². The van der Waals surface area contributed by atoms with Crippen molar-refractivity contribution in [2.24, 2.45) is 5.41 Å². The van der Waals surface area contributed by atoms with Crippen molar-refractivity contribution in [3.63, 3.8) is 0 Å². The van der Waals surface area contributed by atoms with Gasteiger partial charge in [0, 0.05) is 4.90 Å². The van der Waals surface area contributed by atoms with Gasteiger partial charge in [0.15, 0.2) is 0 Å². The molecule has 2 heteroatoms. The zero-order chi connectivity index (χ0) is 11.1. The number of hydrogen-bond donors (Lipinski definition) is 0. The van der Waals surface area contributed by atoms with E-state index in [2.05, 4.69) is 18.2 Å². The second-order valence-corrected chi connectivity index (χ2v) is 6.69. The van der Waals surface area contributed by atoms with Crippen LogP contribution in [0.15, 0.2) is 35.2 Å². The average Bonchev–Trinajstić information content (AvgIpc) is 2.22. The van der Waals surface area contributed by atoms with Crippen LogP contribution in [0.4, 0.5) is 0 Å². The van der Waals surface area contributed by atoms with Crippen molar-refractivity contribution in [2.45, 2.75) is 41.7 Å². The number of thioether (sulfide) groups is 1. The van der Waals surface area contributed by atoms with E-state index in [1.165, 1.54) is 24.2 Å². The van der Waals surface area contributed by atoms with Crippen molar-refractivity contribution >= 4 is 11.8 Å². The fourth-order valence-electron chi connectivity index (χ4n) is 3.08. The first kappa shape index (κ1) is 10.2. The average molecular weight is 229 g/mol. The molecule has 0 saturated heterocycles. The van der Waals surface area contributed by atoms with Crippen molar-refractivity contribution in [3.05, 3.63) is 30.3 Å². The molecular weight excluding hydrogens is 214 g/mol. The first-order valence-corrected chi connectivity index (χ1v) is 6.73. The summed E-state index contributed by atoms with van der Waals surface area (Å²) >= 11 is 1.77. The third-order valence-corrected chi connectivity index (χ3v) is 5.27. The first-order valence-electron chi connectivity index (χ1n) is 5.91. The van der Waals surface area contributed by atoms with Crippen LogP contribution in [0.2, 0.25) is 0 Å². The molecule has 2 aliphatic rings. The molecule has 1 spiro atoms. The van der Waals surface area contributed by atoms with E-state index in [1.807, 2.05) is 18.2 Å². The van der Waals surface area contributed by atoms with Crippen LogP contribution in [-0.4, -0.2) is 4.75 Å². The van der Waals surface area contributed by atoms with Crippen molar-refractivity contribution in [1.29, 1.82) is 5.26 Å². The van der Waals surface area contributed by atoms with E-state index in [-0.39, 0.29) is 4.75 Å². The Morgan fingerprint density at radius 1 is 1.12 bits per heavy atom. The quantitative estimate of drug-likeness (QED) is 0.765. The lowest BCUT2D eigenvalue weighted by Crippen LogP contribution is -2.52. The molecule has 0 unspecified atom stereocenters. The van der Waals surface area contributed by atoms with Crippen LogP contribution in [-0.2, 0) is 0 Å². The molecule has 82 valence electrons. The van der Waals surface area contributed by atoms with Crippen molar-refractivity contribution in [2.75, 3.05) is 0 Å². The van der Waals surface area contributed by atoms with Crippen molar-refractivity contribution in [3.8, 4) is 6.07 Å². The monoisotopic (exact) mass is 229 g/mol. The van der Waals surface area contributed by atoms with Gasteiger partial charge in [-0.15, -0.1) is 11.8 Å². The summed E-state index contributed by atoms with van der Waals surface area (Å²) in [5.41, 5.74) is 0.567. The van der Waals surface area contributed by atoms with Crippen molar-refractivity contribution < 1.29 is 0 Å². The summed E-state index contributed by atoms with van der Waals surface area (Å²) in [6, 6.07) is 12.9. The highest BCUT2D eigenvalue weighted by molar-refractivity contribution is 8.01. The molecule has 0 amide bonds. The molecule has 0 radical (unpaired) electrons. The number of rotatable bonds is 2. The Morgan fingerprint density at radius 3 is 2.31 bits per heavy atom.